The van der Waals surface area contributed by atoms with Crippen molar-refractivity contribution in [1.29, 1.82) is 0 Å². The van der Waals surface area contributed by atoms with Gasteiger partial charge in [-0.15, -0.1) is 0 Å². The fourth-order valence-corrected chi connectivity index (χ4v) is 2.18. The van der Waals surface area contributed by atoms with Crippen molar-refractivity contribution in [3.63, 3.8) is 0 Å². The average molecular weight is 372 g/mol. The molecule has 2 aromatic rings. The number of benzene rings is 2. The highest BCUT2D eigenvalue weighted by Crippen LogP contribution is 2.19. The Labute approximate surface area is 154 Å². The number of anilines is 1. The quantitative estimate of drug-likeness (QED) is 0.469. The molecule has 0 atom stereocenters. The Morgan fingerprint density at radius 1 is 1.07 bits per heavy atom. The summed E-state index contributed by atoms with van der Waals surface area (Å²) >= 11 is 0. The predicted octanol–water partition coefficient (Wildman–Crippen LogP) is 2.49. The first kappa shape index (κ1) is 19.6. The minimum absolute atomic E-state index is 0.178. The Bertz CT molecular complexity index is 908. The lowest BCUT2D eigenvalue weighted by Crippen LogP contribution is -2.21. The number of nitro groups is 1. The first-order valence-corrected chi connectivity index (χ1v) is 7.72. The van der Waals surface area contributed by atoms with Gasteiger partial charge >= 0.3 is 11.9 Å². The smallest absolute Gasteiger partial charge is 0.338 e. The van der Waals surface area contributed by atoms with Gasteiger partial charge in [-0.2, -0.15) is 0 Å². The van der Waals surface area contributed by atoms with E-state index >= 15 is 0 Å². The molecular formula is C18H16N2O7. The number of carbonyl (C=O) groups is 3. The van der Waals surface area contributed by atoms with Crippen molar-refractivity contribution in [1.82, 2.24) is 0 Å². The highest BCUT2D eigenvalue weighted by atomic mass is 16.6. The number of carbonyl (C=O) groups excluding carboxylic acids is 3. The molecule has 140 valence electrons. The van der Waals surface area contributed by atoms with Crippen molar-refractivity contribution in [3.8, 4) is 0 Å². The molecule has 27 heavy (non-hydrogen) atoms. The molecule has 9 heteroatoms. The minimum Gasteiger partial charge on any atom is -0.465 e. The van der Waals surface area contributed by atoms with Crippen LogP contribution >= 0.6 is 0 Å². The third kappa shape index (κ3) is 5.11. The number of rotatable bonds is 6. The van der Waals surface area contributed by atoms with E-state index in [1.807, 2.05) is 6.07 Å². The highest BCUT2D eigenvalue weighted by molar-refractivity contribution is 5.98. The molecule has 0 saturated carbocycles. The zero-order valence-corrected chi connectivity index (χ0v) is 14.6. The van der Waals surface area contributed by atoms with Crippen LogP contribution in [0.1, 0.15) is 26.3 Å². The van der Waals surface area contributed by atoms with Gasteiger partial charge in [0, 0.05) is 17.8 Å². The summed E-state index contributed by atoms with van der Waals surface area (Å²) in [6.45, 7) is 1.21. The second-order valence-corrected chi connectivity index (χ2v) is 5.46. The van der Waals surface area contributed by atoms with Crippen LogP contribution in [0.2, 0.25) is 0 Å². The minimum atomic E-state index is -0.983. The van der Waals surface area contributed by atoms with E-state index in [2.05, 4.69) is 10.1 Å². The Balaban J connectivity index is 2.10. The van der Waals surface area contributed by atoms with Gasteiger partial charge in [-0.05, 0) is 24.6 Å². The van der Waals surface area contributed by atoms with E-state index < -0.39 is 35.1 Å². The Kier molecular flexibility index (Phi) is 6.21. The fraction of sp³-hybridized carbons (Fsp3) is 0.167. The van der Waals surface area contributed by atoms with Crippen molar-refractivity contribution in [3.05, 3.63) is 69.3 Å². The van der Waals surface area contributed by atoms with Gasteiger partial charge in [0.2, 0.25) is 0 Å². The van der Waals surface area contributed by atoms with Crippen molar-refractivity contribution >= 4 is 29.2 Å². The molecule has 0 aliphatic carbocycles. The first-order valence-electron chi connectivity index (χ1n) is 7.72. The van der Waals surface area contributed by atoms with E-state index in [4.69, 9.17) is 4.74 Å². The summed E-state index contributed by atoms with van der Waals surface area (Å²) in [6, 6.07) is 10.1. The number of esters is 2. The van der Waals surface area contributed by atoms with Crippen LogP contribution in [0.25, 0.3) is 0 Å². The van der Waals surface area contributed by atoms with E-state index in [1.165, 1.54) is 0 Å². The number of hydrogen-bond donors (Lipinski definition) is 1. The summed E-state index contributed by atoms with van der Waals surface area (Å²) in [5.41, 5.74) is 0.506. The maximum Gasteiger partial charge on any atom is 0.338 e. The Morgan fingerprint density at radius 3 is 2.30 bits per heavy atom. The Morgan fingerprint density at radius 2 is 1.70 bits per heavy atom. The van der Waals surface area contributed by atoms with Gasteiger partial charge < -0.3 is 14.8 Å². The molecule has 0 aliphatic rings. The van der Waals surface area contributed by atoms with E-state index in [0.717, 1.165) is 30.9 Å². The van der Waals surface area contributed by atoms with Crippen molar-refractivity contribution in [2.75, 3.05) is 19.0 Å². The van der Waals surface area contributed by atoms with E-state index in [-0.39, 0.29) is 11.1 Å². The maximum atomic E-state index is 12.1. The largest absolute Gasteiger partial charge is 0.465 e. The molecule has 0 aliphatic heterocycles. The van der Waals surface area contributed by atoms with Crippen LogP contribution in [0.3, 0.4) is 0 Å². The zero-order chi connectivity index (χ0) is 20.0. The van der Waals surface area contributed by atoms with Crippen LogP contribution in [0.15, 0.2) is 42.5 Å². The van der Waals surface area contributed by atoms with Crippen LogP contribution in [0.4, 0.5) is 11.4 Å². The number of aryl methyl sites for hydroxylation is 1. The number of nitro benzene ring substituents is 1. The summed E-state index contributed by atoms with van der Waals surface area (Å²) in [4.78, 5) is 45.9. The molecular weight excluding hydrogens is 356 g/mol. The SMILES string of the molecule is COC(=O)c1cc(C(=O)OCC(=O)Nc2ccccc2C)cc([N+](=O)[O-])c1. The van der Waals surface area contributed by atoms with Crippen LogP contribution in [0, 0.1) is 17.0 Å². The molecule has 2 aromatic carbocycles. The number of nitrogens with one attached hydrogen (secondary N) is 1. The normalized spacial score (nSPS) is 10.0. The zero-order valence-electron chi connectivity index (χ0n) is 14.6. The summed E-state index contributed by atoms with van der Waals surface area (Å²) in [7, 11) is 1.11. The van der Waals surface area contributed by atoms with Gasteiger partial charge in [-0.1, -0.05) is 18.2 Å². The third-order valence-corrected chi connectivity index (χ3v) is 3.54. The molecule has 9 nitrogen and oxygen atoms in total. The Hall–Kier alpha value is -3.75. The molecule has 0 saturated heterocycles. The topological polar surface area (TPSA) is 125 Å². The molecule has 1 amide bonds. The third-order valence-electron chi connectivity index (χ3n) is 3.54. The number of methoxy groups -OCH3 is 1. The van der Waals surface area contributed by atoms with Gasteiger partial charge in [0.15, 0.2) is 6.61 Å². The van der Waals surface area contributed by atoms with Crippen molar-refractivity contribution in [2.45, 2.75) is 6.92 Å². The van der Waals surface area contributed by atoms with Crippen LogP contribution in [-0.4, -0.2) is 36.5 Å². The predicted molar refractivity (Wildman–Crippen MR) is 94.5 cm³/mol. The van der Waals surface area contributed by atoms with Gasteiger partial charge in [-0.25, -0.2) is 9.59 Å². The van der Waals surface area contributed by atoms with Crippen molar-refractivity contribution < 1.29 is 28.8 Å². The van der Waals surface area contributed by atoms with Gasteiger partial charge in [0.25, 0.3) is 11.6 Å². The molecule has 0 fully saturated rings. The lowest BCUT2D eigenvalue weighted by molar-refractivity contribution is -0.384. The molecule has 0 unspecified atom stereocenters. The number of para-hydroxylation sites is 1. The van der Waals surface area contributed by atoms with Crippen molar-refractivity contribution in [2.24, 2.45) is 0 Å². The summed E-state index contributed by atoms with van der Waals surface area (Å²) in [5.74, 6) is -2.40. The highest BCUT2D eigenvalue weighted by Gasteiger charge is 2.20. The monoisotopic (exact) mass is 372 g/mol. The number of non-ortho nitro benzene ring substituents is 1. The number of hydrogen-bond acceptors (Lipinski definition) is 7. The fourth-order valence-electron chi connectivity index (χ4n) is 2.18. The van der Waals surface area contributed by atoms with E-state index in [9.17, 15) is 24.5 Å². The van der Waals surface area contributed by atoms with E-state index in [0.29, 0.717) is 5.69 Å². The first-order chi connectivity index (χ1) is 12.8. The lowest BCUT2D eigenvalue weighted by atomic mass is 10.1. The second kappa shape index (κ2) is 8.56. The molecule has 1 N–H and O–H groups in total. The number of ether oxygens (including phenoxy) is 2. The lowest BCUT2D eigenvalue weighted by Gasteiger charge is -2.09. The van der Waals surface area contributed by atoms with E-state index in [1.54, 1.807) is 25.1 Å². The van der Waals surface area contributed by atoms with Crippen LogP contribution in [-0.2, 0) is 14.3 Å². The van der Waals surface area contributed by atoms with Crippen LogP contribution in [0.5, 0.6) is 0 Å². The van der Waals surface area contributed by atoms with Gasteiger partial charge in [0.05, 0.1) is 23.2 Å². The molecule has 2 rings (SSSR count). The van der Waals surface area contributed by atoms with Gasteiger partial charge in [0.1, 0.15) is 0 Å². The molecule has 0 spiro atoms. The maximum absolute atomic E-state index is 12.1. The average Bonchev–Trinajstić information content (AvgIpc) is 2.66. The molecule has 0 radical (unpaired) electrons. The van der Waals surface area contributed by atoms with Gasteiger partial charge in [-0.3, -0.25) is 14.9 Å². The molecule has 0 bridgehead atoms. The summed E-state index contributed by atoms with van der Waals surface area (Å²) in [6.07, 6.45) is 0. The van der Waals surface area contributed by atoms with Crippen LogP contribution < -0.4 is 5.32 Å². The number of amides is 1. The summed E-state index contributed by atoms with van der Waals surface area (Å²) < 4.78 is 9.38. The molecule has 0 heterocycles. The summed E-state index contributed by atoms with van der Waals surface area (Å²) in [5, 5.41) is 13.6. The molecule has 0 aromatic heterocycles. The second-order valence-electron chi connectivity index (χ2n) is 5.46. The standard InChI is InChI=1S/C18H16N2O7/c1-11-5-3-4-6-15(11)19-16(21)10-27-18(23)13-7-12(17(22)26-2)8-14(9-13)20(24)25/h3-9H,10H2,1-2H3,(H,19,21). The number of nitrogens with zero attached hydrogens (tertiary/aromatic N) is 1.